The Morgan fingerprint density at radius 2 is 0.714 bits per heavy atom. The van der Waals surface area contributed by atoms with Gasteiger partial charge >= 0.3 is 6.03 Å². The van der Waals surface area contributed by atoms with Crippen molar-refractivity contribution in [3.8, 4) is 0 Å². The van der Waals surface area contributed by atoms with Gasteiger partial charge in [-0.1, -0.05) is 276 Å². The highest BCUT2D eigenvalue weighted by molar-refractivity contribution is 9.10. The Morgan fingerprint density at radius 3 is 0.964 bits per heavy atom. The number of halogens is 1. The number of carbonyl (C=O) groups excluding carboxylic acids is 2. The van der Waals surface area contributed by atoms with Gasteiger partial charge in [0.05, 0.1) is 0 Å². The summed E-state index contributed by atoms with van der Waals surface area (Å²) in [5, 5.41) is 2.04. The van der Waals surface area contributed by atoms with Gasteiger partial charge in [-0.2, -0.15) is 0 Å². The van der Waals surface area contributed by atoms with Gasteiger partial charge in [0.25, 0.3) is 0 Å². The Balaban J connectivity index is 0. The third-order valence-corrected chi connectivity index (χ3v) is 14.6. The molecule has 0 aromatic carbocycles. The number of rotatable bonds is 41. The van der Waals surface area contributed by atoms with Crippen molar-refractivity contribution in [1.82, 2.24) is 5.32 Å². The molecule has 5 heteroatoms. The Hall–Kier alpha value is -0.580. The van der Waals surface area contributed by atoms with Gasteiger partial charge in [-0.25, -0.2) is 4.79 Å². The van der Waals surface area contributed by atoms with Crippen molar-refractivity contribution in [2.45, 2.75) is 303 Å². The van der Waals surface area contributed by atoms with E-state index in [2.05, 4.69) is 50.5 Å². The number of primary amides is 1. The molecule has 1 atom stereocenters. The summed E-state index contributed by atoms with van der Waals surface area (Å²) in [6.45, 7) is 15.7. The molecule has 0 aromatic rings. The van der Waals surface area contributed by atoms with Crippen LogP contribution in [0.4, 0.5) is 4.79 Å². The second-order valence-electron chi connectivity index (χ2n) is 17.9. The standard InChI is InChI=1S/C44H90.C7H13BrN2O2/c1-6-11-15-19-23-27-31-35-39-43(10-5)44(40-36-32-28-24-20-16-12-7-2,41-37-33-29-25-21-17-13-8-3)42-38-34-30-26-22-18-14-9-4;1-3-7(8,4-2)5(11)10-6(9)12/h43H,6-42H2,1-5H3;3-4H2,1-2H3,(H3,9,10,11,12). The van der Waals surface area contributed by atoms with Gasteiger partial charge in [-0.15, -0.1) is 0 Å². The lowest BCUT2D eigenvalue weighted by Gasteiger charge is -2.42. The van der Waals surface area contributed by atoms with E-state index in [-0.39, 0.29) is 5.91 Å². The van der Waals surface area contributed by atoms with Crippen LogP contribution in [0.1, 0.15) is 299 Å². The van der Waals surface area contributed by atoms with Gasteiger partial charge in [-0.05, 0) is 49.9 Å². The first-order valence-corrected chi connectivity index (χ1v) is 26.3. The predicted molar refractivity (Wildman–Crippen MR) is 255 cm³/mol. The third-order valence-electron chi connectivity index (χ3n) is 13.1. The molecular formula is C51H103BrN2O2. The minimum atomic E-state index is -0.814. The normalized spacial score (nSPS) is 12.4. The van der Waals surface area contributed by atoms with E-state index in [0.717, 1.165) is 5.92 Å². The van der Waals surface area contributed by atoms with Gasteiger partial charge < -0.3 is 5.73 Å². The molecule has 0 aromatic heterocycles. The molecule has 0 aliphatic carbocycles. The van der Waals surface area contributed by atoms with E-state index in [1.807, 2.05) is 19.2 Å². The smallest absolute Gasteiger partial charge is 0.318 e. The fourth-order valence-electron chi connectivity index (χ4n) is 9.08. The number of nitrogens with one attached hydrogen (secondary N) is 1. The Kier molecular flexibility index (Phi) is 43.7. The average molecular weight is 856 g/mol. The van der Waals surface area contributed by atoms with E-state index in [1.54, 1.807) is 19.3 Å². The molecule has 0 bridgehead atoms. The number of hydrogen-bond acceptors (Lipinski definition) is 2. The lowest BCUT2D eigenvalue weighted by atomic mass is 9.63. The highest BCUT2D eigenvalue weighted by Crippen LogP contribution is 2.47. The van der Waals surface area contributed by atoms with E-state index < -0.39 is 10.4 Å². The van der Waals surface area contributed by atoms with Crippen LogP contribution in [0.25, 0.3) is 0 Å². The van der Waals surface area contributed by atoms with Crippen LogP contribution in [-0.4, -0.2) is 16.3 Å². The zero-order valence-corrected chi connectivity index (χ0v) is 41.0. The minimum absolute atomic E-state index is 0.375. The van der Waals surface area contributed by atoms with E-state index in [0.29, 0.717) is 18.3 Å². The van der Waals surface area contributed by atoms with E-state index >= 15 is 0 Å². The SMILES string of the molecule is CCC(Br)(CC)C(=O)NC(N)=O.CCCCCCCCCCC(CC)C(CCCCCCCCCC)(CCCCCCCCCC)CCCCCCCCCC. The molecule has 56 heavy (non-hydrogen) atoms. The summed E-state index contributed by atoms with van der Waals surface area (Å²) in [6.07, 6.45) is 55.8. The number of amides is 3. The summed E-state index contributed by atoms with van der Waals surface area (Å²) >= 11 is 3.26. The number of hydrogen-bond donors (Lipinski definition) is 2. The number of imide groups is 1. The largest absolute Gasteiger partial charge is 0.351 e. The first kappa shape index (κ1) is 57.5. The topological polar surface area (TPSA) is 72.2 Å². The molecule has 0 aliphatic heterocycles. The van der Waals surface area contributed by atoms with Gasteiger partial charge in [-0.3, -0.25) is 10.1 Å². The number of urea groups is 1. The van der Waals surface area contributed by atoms with Crippen LogP contribution < -0.4 is 11.1 Å². The molecule has 3 N–H and O–H groups in total. The Labute approximate surface area is 361 Å². The summed E-state index contributed by atoms with van der Waals surface area (Å²) in [5.41, 5.74) is 5.45. The second-order valence-corrected chi connectivity index (χ2v) is 19.4. The molecule has 0 rings (SSSR count). The van der Waals surface area contributed by atoms with Crippen molar-refractivity contribution in [1.29, 1.82) is 0 Å². The molecule has 0 saturated carbocycles. The van der Waals surface area contributed by atoms with Crippen LogP contribution >= 0.6 is 15.9 Å². The number of nitrogens with two attached hydrogens (primary N) is 1. The summed E-state index contributed by atoms with van der Waals surface area (Å²) in [4.78, 5) is 21.6. The van der Waals surface area contributed by atoms with E-state index in [4.69, 9.17) is 5.73 Å². The van der Waals surface area contributed by atoms with Gasteiger partial charge in [0, 0.05) is 0 Å². The summed E-state index contributed by atoms with van der Waals surface area (Å²) in [5.74, 6) is 0.598. The fraction of sp³-hybridized carbons (Fsp3) is 0.961. The molecule has 0 aliphatic rings. The highest BCUT2D eigenvalue weighted by atomic mass is 79.9. The van der Waals surface area contributed by atoms with Gasteiger partial charge in [0.1, 0.15) is 4.32 Å². The van der Waals surface area contributed by atoms with Crippen molar-refractivity contribution >= 4 is 27.9 Å². The molecular weight excluding hydrogens is 752 g/mol. The predicted octanol–water partition coefficient (Wildman–Crippen LogP) is 18.3. The quantitative estimate of drug-likeness (QED) is 0.0475. The van der Waals surface area contributed by atoms with Crippen LogP contribution in [0.2, 0.25) is 0 Å². The maximum Gasteiger partial charge on any atom is 0.318 e. The first-order chi connectivity index (χ1) is 27.2. The molecule has 3 amide bonds. The molecule has 0 heterocycles. The van der Waals surface area contributed by atoms with Crippen molar-refractivity contribution < 1.29 is 9.59 Å². The van der Waals surface area contributed by atoms with Crippen LogP contribution in [0.15, 0.2) is 0 Å². The zero-order chi connectivity index (χ0) is 42.0. The zero-order valence-electron chi connectivity index (χ0n) is 39.4. The van der Waals surface area contributed by atoms with Crippen LogP contribution in [0, 0.1) is 11.3 Å². The molecule has 0 radical (unpaired) electrons. The van der Waals surface area contributed by atoms with Crippen molar-refractivity contribution in [2.24, 2.45) is 17.1 Å². The number of alkyl halides is 1. The molecule has 336 valence electrons. The fourth-order valence-corrected chi connectivity index (χ4v) is 9.18. The van der Waals surface area contributed by atoms with Crippen LogP contribution in [-0.2, 0) is 4.79 Å². The summed E-state index contributed by atoms with van der Waals surface area (Å²) in [7, 11) is 0. The third kappa shape index (κ3) is 33.3. The second kappa shape index (κ2) is 42.5. The van der Waals surface area contributed by atoms with Gasteiger partial charge in [0.15, 0.2) is 0 Å². The van der Waals surface area contributed by atoms with Crippen molar-refractivity contribution in [3.05, 3.63) is 0 Å². The maximum absolute atomic E-state index is 11.3. The van der Waals surface area contributed by atoms with Crippen LogP contribution in [0.5, 0.6) is 0 Å². The van der Waals surface area contributed by atoms with Crippen molar-refractivity contribution in [3.63, 3.8) is 0 Å². The van der Waals surface area contributed by atoms with Gasteiger partial charge in [0.2, 0.25) is 5.91 Å². The van der Waals surface area contributed by atoms with E-state index in [9.17, 15) is 9.59 Å². The molecule has 1 unspecified atom stereocenters. The lowest BCUT2D eigenvalue weighted by Crippen LogP contribution is -2.46. The molecule has 0 fully saturated rings. The Bertz CT molecular complexity index is 778. The summed E-state index contributed by atoms with van der Waals surface area (Å²) in [6, 6.07) is -0.814. The maximum atomic E-state index is 11.3. The minimum Gasteiger partial charge on any atom is -0.351 e. The van der Waals surface area contributed by atoms with E-state index in [1.165, 1.54) is 218 Å². The van der Waals surface area contributed by atoms with Crippen LogP contribution in [0.3, 0.4) is 0 Å². The number of carbonyl (C=O) groups is 2. The number of unbranched alkanes of at least 4 members (excludes halogenated alkanes) is 28. The highest BCUT2D eigenvalue weighted by Gasteiger charge is 2.36. The first-order valence-electron chi connectivity index (χ1n) is 25.5. The molecule has 4 nitrogen and oxygen atoms in total. The molecule has 0 saturated heterocycles. The monoisotopic (exact) mass is 855 g/mol. The van der Waals surface area contributed by atoms with Crippen molar-refractivity contribution in [2.75, 3.05) is 0 Å². The lowest BCUT2D eigenvalue weighted by molar-refractivity contribution is -0.122. The molecule has 0 spiro atoms. The Morgan fingerprint density at radius 1 is 0.446 bits per heavy atom. The summed E-state index contributed by atoms with van der Waals surface area (Å²) < 4.78 is -0.665. The average Bonchev–Trinajstić information content (AvgIpc) is 3.19.